The number of amides is 8. The van der Waals surface area contributed by atoms with Gasteiger partial charge < -0.3 is 52.3 Å². The van der Waals surface area contributed by atoms with Gasteiger partial charge in [-0.3, -0.25) is 38.4 Å². The molecule has 6 aliphatic rings. The fourth-order valence-corrected chi connectivity index (χ4v) is 13.4. The normalized spacial score (nSPS) is 24.0. The standard InChI is InChI=1S/C62H84N10O8.2ClH/c1-37(63-3)55(73)69-53(41-20-7-5-8-21-41)61(79)71-35-45(33-51(71)59(77)67-49-30-16-24-39-18-11-13-28-47(39)49)65-57(75)43-26-15-27-44(32-43)58(76)66-46-34-52(60(78)68-50-31-17-25-40-19-12-14-29-48(40)50)72(36-46)62(80)54(42-22-9-6-10-23-42)70-56(74)38(2)64-4;;/h11-15,18-19,26-29,32,37-38,41-42,45-46,49-54,63-64H,5-10,16-17,20-25,30-31,33-36H2,1-4H3,(H,65,75)(H,66,76)(H,67,77)(H,68,78)(H,69,73)(H,70,74);2*1H/t37-,38-,45-,46-,49+,50+,51-,52-,53-,54-;;/m0../s1. The summed E-state index contributed by atoms with van der Waals surface area (Å²) in [5.41, 5.74) is 4.84. The second-order valence-electron chi connectivity index (χ2n) is 23.5. The molecule has 8 amide bonds. The number of rotatable bonds is 18. The SMILES string of the molecule is CN[C@@H](C)C(=O)N[C@H](C(=O)N1C[C@@H](NC(=O)c2cccc(C(=O)N[C@H]3C[C@@H](C(=O)N[C@@H]4CCCc5ccccc54)N(C(=O)[C@@H](NC(=O)[C@H](C)NC)C4CCCCC4)C3)c2)C[C@H]1C(=O)N[C@@H]1CCCc2ccccc21)C1CCCCC1.Cl.Cl. The predicted octanol–water partition coefficient (Wildman–Crippen LogP) is 5.66. The van der Waals surface area contributed by atoms with E-state index in [9.17, 15) is 38.4 Å². The molecule has 0 unspecified atom stereocenters. The van der Waals surface area contributed by atoms with Crippen molar-refractivity contribution in [1.29, 1.82) is 0 Å². The maximum Gasteiger partial charge on any atom is 0.251 e. The van der Waals surface area contributed by atoms with Gasteiger partial charge in [0.15, 0.2) is 0 Å². The predicted molar refractivity (Wildman–Crippen MR) is 318 cm³/mol. The van der Waals surface area contributed by atoms with Crippen molar-refractivity contribution in [2.45, 2.75) is 190 Å². The lowest BCUT2D eigenvalue weighted by molar-refractivity contribution is -0.143. The monoisotopic (exact) mass is 1170 g/mol. The lowest BCUT2D eigenvalue weighted by Crippen LogP contribution is -2.58. The third-order valence-electron chi connectivity index (χ3n) is 18.2. The Balaban J connectivity index is 0.00000484. The van der Waals surface area contributed by atoms with Crippen LogP contribution in [-0.2, 0) is 41.6 Å². The average molecular weight is 1170 g/mol. The minimum Gasteiger partial charge on any atom is -0.347 e. The van der Waals surface area contributed by atoms with E-state index in [1.807, 2.05) is 36.4 Å². The molecule has 8 N–H and O–H groups in total. The summed E-state index contributed by atoms with van der Waals surface area (Å²) >= 11 is 0. The molecule has 4 fully saturated rings. The number of carbonyl (C=O) groups is 8. The smallest absolute Gasteiger partial charge is 0.251 e. The van der Waals surface area contributed by atoms with E-state index < -0.39 is 60.1 Å². The molecule has 4 aliphatic carbocycles. The highest BCUT2D eigenvalue weighted by atomic mass is 35.5. The van der Waals surface area contributed by atoms with Crippen LogP contribution in [0.5, 0.6) is 0 Å². The van der Waals surface area contributed by atoms with Crippen molar-refractivity contribution in [3.05, 3.63) is 106 Å². The highest BCUT2D eigenvalue weighted by Crippen LogP contribution is 2.35. The van der Waals surface area contributed by atoms with Crippen molar-refractivity contribution in [2.24, 2.45) is 11.8 Å². The Morgan fingerprint density at radius 2 is 0.866 bits per heavy atom. The van der Waals surface area contributed by atoms with Gasteiger partial charge in [0.05, 0.1) is 24.2 Å². The second-order valence-corrected chi connectivity index (χ2v) is 23.5. The van der Waals surface area contributed by atoms with E-state index in [0.717, 1.165) is 114 Å². The maximum atomic E-state index is 15.0. The van der Waals surface area contributed by atoms with Crippen LogP contribution in [0.25, 0.3) is 0 Å². The molecule has 446 valence electrons. The van der Waals surface area contributed by atoms with E-state index in [-0.39, 0.29) is 121 Å². The Morgan fingerprint density at radius 3 is 1.26 bits per heavy atom. The van der Waals surface area contributed by atoms with Gasteiger partial charge in [-0.1, -0.05) is 93.1 Å². The van der Waals surface area contributed by atoms with Gasteiger partial charge in [0.25, 0.3) is 11.8 Å². The molecule has 82 heavy (non-hydrogen) atoms. The van der Waals surface area contributed by atoms with Crippen molar-refractivity contribution < 1.29 is 38.4 Å². The molecule has 10 atom stereocenters. The van der Waals surface area contributed by atoms with E-state index >= 15 is 0 Å². The number of likely N-dealkylation sites (N-methyl/N-ethyl adjacent to an activating group) is 2. The van der Waals surface area contributed by atoms with Crippen LogP contribution in [0.1, 0.15) is 172 Å². The van der Waals surface area contributed by atoms with Crippen molar-refractivity contribution >= 4 is 72.1 Å². The first kappa shape index (κ1) is 63.5. The number of nitrogens with zero attached hydrogens (tertiary/aromatic N) is 2. The molecular formula is C62H86Cl2N10O8. The van der Waals surface area contributed by atoms with Crippen molar-refractivity contribution in [3.63, 3.8) is 0 Å². The Kier molecular flexibility index (Phi) is 22.8. The summed E-state index contributed by atoms with van der Waals surface area (Å²) in [6.07, 6.45) is 14.2. The molecule has 0 radical (unpaired) electrons. The molecule has 0 bridgehead atoms. The number of aryl methyl sites for hydroxylation is 2. The summed E-state index contributed by atoms with van der Waals surface area (Å²) in [7, 11) is 3.38. The summed E-state index contributed by atoms with van der Waals surface area (Å²) < 4.78 is 0. The van der Waals surface area contributed by atoms with Crippen LogP contribution in [0.4, 0.5) is 0 Å². The number of hydrogen-bond donors (Lipinski definition) is 8. The third kappa shape index (κ3) is 15.0. The summed E-state index contributed by atoms with van der Waals surface area (Å²) in [6, 6.07) is 16.0. The first-order valence-electron chi connectivity index (χ1n) is 29.8. The fourth-order valence-electron chi connectivity index (χ4n) is 13.4. The average Bonchev–Trinajstić information content (AvgIpc) is 4.17. The molecule has 2 heterocycles. The van der Waals surface area contributed by atoms with Gasteiger partial charge in [-0.05, 0) is 157 Å². The molecule has 3 aromatic carbocycles. The van der Waals surface area contributed by atoms with Crippen LogP contribution in [0.15, 0.2) is 72.8 Å². The van der Waals surface area contributed by atoms with Gasteiger partial charge in [-0.15, -0.1) is 24.8 Å². The molecule has 2 aliphatic heterocycles. The van der Waals surface area contributed by atoms with Crippen LogP contribution >= 0.6 is 24.8 Å². The van der Waals surface area contributed by atoms with Crippen LogP contribution in [-0.4, -0.2) is 133 Å². The van der Waals surface area contributed by atoms with E-state index in [1.165, 1.54) is 17.2 Å². The zero-order valence-electron chi connectivity index (χ0n) is 48.0. The highest BCUT2D eigenvalue weighted by Gasteiger charge is 2.47. The van der Waals surface area contributed by atoms with Gasteiger partial charge >= 0.3 is 0 Å². The molecule has 2 saturated heterocycles. The number of likely N-dealkylation sites (tertiary alicyclic amines) is 2. The third-order valence-corrected chi connectivity index (χ3v) is 18.2. The molecule has 3 aromatic rings. The van der Waals surface area contributed by atoms with E-state index in [1.54, 1.807) is 55.9 Å². The minimum atomic E-state index is -0.933. The van der Waals surface area contributed by atoms with Crippen LogP contribution in [0.2, 0.25) is 0 Å². The number of hydrogen-bond acceptors (Lipinski definition) is 10. The Hall–Kier alpha value is -6.08. The van der Waals surface area contributed by atoms with E-state index in [0.29, 0.717) is 0 Å². The molecule has 0 aromatic heterocycles. The lowest BCUT2D eigenvalue weighted by Gasteiger charge is -2.35. The van der Waals surface area contributed by atoms with Gasteiger partial charge in [-0.25, -0.2) is 0 Å². The van der Waals surface area contributed by atoms with E-state index in [2.05, 4.69) is 54.7 Å². The largest absolute Gasteiger partial charge is 0.347 e. The van der Waals surface area contributed by atoms with Crippen molar-refractivity contribution in [3.8, 4) is 0 Å². The Morgan fingerprint density at radius 1 is 0.476 bits per heavy atom. The zero-order chi connectivity index (χ0) is 56.5. The number of benzene rings is 3. The summed E-state index contributed by atoms with van der Waals surface area (Å²) in [5, 5.41) is 24.7. The van der Waals surface area contributed by atoms with Gasteiger partial charge in [0, 0.05) is 36.3 Å². The van der Waals surface area contributed by atoms with Crippen LogP contribution in [0.3, 0.4) is 0 Å². The number of nitrogens with one attached hydrogen (secondary N) is 8. The van der Waals surface area contributed by atoms with Crippen molar-refractivity contribution in [1.82, 2.24) is 52.3 Å². The number of fused-ring (bicyclic) bond motifs is 2. The summed E-state index contributed by atoms with van der Waals surface area (Å²) in [4.78, 5) is 118. The number of halogens is 2. The molecule has 9 rings (SSSR count). The maximum absolute atomic E-state index is 15.0. The lowest BCUT2D eigenvalue weighted by atomic mass is 9.83. The zero-order valence-corrected chi connectivity index (χ0v) is 49.6. The van der Waals surface area contributed by atoms with E-state index in [4.69, 9.17) is 0 Å². The molecule has 0 spiro atoms. The molecule has 2 saturated carbocycles. The molecule has 20 heteroatoms. The minimum absolute atomic E-state index is 0. The first-order valence-corrected chi connectivity index (χ1v) is 29.8. The Bertz CT molecular complexity index is 2580. The first-order chi connectivity index (χ1) is 38.7. The quantitative estimate of drug-likeness (QED) is 0.0778. The topological polar surface area (TPSA) is 239 Å². The second kappa shape index (κ2) is 29.4. The summed E-state index contributed by atoms with van der Waals surface area (Å²) in [5.74, 6) is -3.19. The summed E-state index contributed by atoms with van der Waals surface area (Å²) in [6.45, 7) is 3.53. The number of carbonyl (C=O) groups excluding carboxylic acids is 8. The molecule has 18 nitrogen and oxygen atoms in total. The highest BCUT2D eigenvalue weighted by molar-refractivity contribution is 6.01. The van der Waals surface area contributed by atoms with Gasteiger partial charge in [0.2, 0.25) is 35.4 Å². The van der Waals surface area contributed by atoms with Crippen LogP contribution in [0, 0.1) is 11.8 Å². The Labute approximate surface area is 495 Å². The van der Waals surface area contributed by atoms with Gasteiger partial charge in [0.1, 0.15) is 24.2 Å². The molecular weight excluding hydrogens is 1080 g/mol. The fraction of sp³-hybridized carbons (Fsp3) is 0.581. The van der Waals surface area contributed by atoms with Crippen LogP contribution < -0.4 is 42.5 Å². The van der Waals surface area contributed by atoms with Crippen molar-refractivity contribution in [2.75, 3.05) is 27.2 Å². The van der Waals surface area contributed by atoms with Gasteiger partial charge in [-0.2, -0.15) is 0 Å².